The number of aryl methyl sites for hydroxylation is 1. The Morgan fingerprint density at radius 2 is 1.75 bits per heavy atom. The summed E-state index contributed by atoms with van der Waals surface area (Å²) in [5.74, 6) is -1.54. The number of fused-ring (bicyclic) bond motifs is 1. The number of nitrogens with zero attached hydrogens (tertiary/aromatic N) is 2. The zero-order valence-corrected chi connectivity index (χ0v) is 16.1. The summed E-state index contributed by atoms with van der Waals surface area (Å²) in [6.07, 6.45) is 3.28. The van der Waals surface area contributed by atoms with E-state index in [2.05, 4.69) is 5.32 Å². The van der Waals surface area contributed by atoms with Crippen molar-refractivity contribution >= 4 is 63.7 Å². The summed E-state index contributed by atoms with van der Waals surface area (Å²) in [5, 5.41) is 3.30. The Bertz CT molecular complexity index is 1200. The molecule has 1 aliphatic heterocycles. The lowest BCUT2D eigenvalue weighted by Gasteiger charge is -2.27. The summed E-state index contributed by atoms with van der Waals surface area (Å²) in [6.45, 7) is 0. The quantitative estimate of drug-likeness (QED) is 0.506. The lowest BCUT2D eigenvalue weighted by molar-refractivity contribution is -0.122. The Labute approximate surface area is 169 Å². The third kappa shape index (κ3) is 2.87. The van der Waals surface area contributed by atoms with E-state index in [1.165, 1.54) is 18.2 Å². The van der Waals surface area contributed by atoms with E-state index in [-0.39, 0.29) is 21.3 Å². The smallest absolute Gasteiger partial charge is 0.336 e. The van der Waals surface area contributed by atoms with E-state index in [0.29, 0.717) is 5.56 Å². The number of amides is 4. The van der Waals surface area contributed by atoms with Crippen LogP contribution in [0.3, 0.4) is 0 Å². The molecule has 0 unspecified atom stereocenters. The van der Waals surface area contributed by atoms with Gasteiger partial charge in [0, 0.05) is 29.7 Å². The van der Waals surface area contributed by atoms with E-state index < -0.39 is 17.8 Å². The molecule has 28 heavy (non-hydrogen) atoms. The number of urea groups is 1. The van der Waals surface area contributed by atoms with Gasteiger partial charge in [0.25, 0.3) is 11.8 Å². The molecule has 1 N–H and O–H groups in total. The summed E-state index contributed by atoms with van der Waals surface area (Å²) in [5.41, 5.74) is 1.56. The molecule has 8 heteroatoms. The number of hydrogen-bond donors (Lipinski definition) is 1. The Morgan fingerprint density at radius 1 is 1.00 bits per heavy atom. The lowest BCUT2D eigenvalue weighted by Crippen LogP contribution is -2.54. The molecule has 140 valence electrons. The first-order valence-corrected chi connectivity index (χ1v) is 9.03. The second-order valence-corrected chi connectivity index (χ2v) is 7.03. The summed E-state index contributed by atoms with van der Waals surface area (Å²) in [7, 11) is 1.87. The standard InChI is InChI=1S/C20H13Cl2N3O3/c1-24-10-11(12-5-2-3-7-15(12)24)9-13-18(26)23-20(28)25(19(13)27)16-8-4-6-14(21)17(16)22/h2-10H,1H3,(H,23,26,28). The average molecular weight is 414 g/mol. The number of carbonyl (C=O) groups excluding carboxylic acids is 3. The van der Waals surface area contributed by atoms with Gasteiger partial charge >= 0.3 is 6.03 Å². The highest BCUT2D eigenvalue weighted by molar-refractivity contribution is 6.46. The number of imide groups is 2. The van der Waals surface area contributed by atoms with Gasteiger partial charge in [-0.2, -0.15) is 0 Å². The molecule has 2 aromatic carbocycles. The van der Waals surface area contributed by atoms with Crippen molar-refractivity contribution in [2.75, 3.05) is 4.90 Å². The monoisotopic (exact) mass is 413 g/mol. The topological polar surface area (TPSA) is 71.4 Å². The van der Waals surface area contributed by atoms with E-state index >= 15 is 0 Å². The van der Waals surface area contributed by atoms with Crippen molar-refractivity contribution in [3.8, 4) is 0 Å². The van der Waals surface area contributed by atoms with Crippen LogP contribution in [0, 0.1) is 0 Å². The van der Waals surface area contributed by atoms with E-state index in [0.717, 1.165) is 15.8 Å². The fraction of sp³-hybridized carbons (Fsp3) is 0.0500. The molecule has 1 saturated heterocycles. The Morgan fingerprint density at radius 3 is 2.54 bits per heavy atom. The van der Waals surface area contributed by atoms with E-state index in [9.17, 15) is 14.4 Å². The number of hydrogen-bond acceptors (Lipinski definition) is 3. The normalized spacial score (nSPS) is 16.2. The average Bonchev–Trinajstić information content (AvgIpc) is 2.98. The van der Waals surface area contributed by atoms with Crippen molar-refractivity contribution in [1.82, 2.24) is 9.88 Å². The van der Waals surface area contributed by atoms with Crippen LogP contribution in [-0.2, 0) is 16.6 Å². The number of carbonyl (C=O) groups is 3. The maximum atomic E-state index is 13.0. The van der Waals surface area contributed by atoms with Crippen molar-refractivity contribution < 1.29 is 14.4 Å². The maximum absolute atomic E-state index is 13.0. The van der Waals surface area contributed by atoms with Gasteiger partial charge in [0.1, 0.15) is 5.57 Å². The van der Waals surface area contributed by atoms with E-state index in [1.807, 2.05) is 42.1 Å². The fourth-order valence-corrected chi connectivity index (χ4v) is 3.56. The molecule has 0 bridgehead atoms. The summed E-state index contributed by atoms with van der Waals surface area (Å²) >= 11 is 12.2. The predicted octanol–water partition coefficient (Wildman–Crippen LogP) is 4.15. The van der Waals surface area contributed by atoms with Gasteiger partial charge in [-0.3, -0.25) is 14.9 Å². The molecular formula is C20H13Cl2N3O3. The highest BCUT2D eigenvalue weighted by Gasteiger charge is 2.38. The van der Waals surface area contributed by atoms with Crippen LogP contribution in [0.5, 0.6) is 0 Å². The number of barbiturate groups is 1. The first-order valence-electron chi connectivity index (χ1n) is 8.28. The van der Waals surface area contributed by atoms with Gasteiger partial charge in [-0.05, 0) is 24.3 Å². The van der Waals surface area contributed by atoms with Gasteiger partial charge in [0.15, 0.2) is 0 Å². The van der Waals surface area contributed by atoms with Gasteiger partial charge in [-0.15, -0.1) is 0 Å². The Balaban J connectivity index is 1.84. The number of halogens is 2. The number of benzene rings is 2. The minimum absolute atomic E-state index is 0.0477. The van der Waals surface area contributed by atoms with E-state index in [4.69, 9.17) is 23.2 Å². The molecule has 1 fully saturated rings. The Kier molecular flexibility index (Phi) is 4.45. The van der Waals surface area contributed by atoms with Gasteiger partial charge < -0.3 is 4.57 Å². The number of aromatic nitrogens is 1. The second kappa shape index (κ2) is 6.82. The molecule has 4 amide bonds. The van der Waals surface area contributed by atoms with Gasteiger partial charge in [-0.1, -0.05) is 47.5 Å². The summed E-state index contributed by atoms with van der Waals surface area (Å²) in [6, 6.07) is 11.3. The van der Waals surface area contributed by atoms with Gasteiger partial charge in [0.05, 0.1) is 15.7 Å². The molecule has 0 spiro atoms. The van der Waals surface area contributed by atoms with Crippen LogP contribution < -0.4 is 10.2 Å². The predicted molar refractivity (Wildman–Crippen MR) is 108 cm³/mol. The highest BCUT2D eigenvalue weighted by Crippen LogP contribution is 2.34. The number of rotatable bonds is 2. The molecule has 6 nitrogen and oxygen atoms in total. The SMILES string of the molecule is Cn1cc(C=C2C(=O)NC(=O)N(c3cccc(Cl)c3Cl)C2=O)c2ccccc21. The highest BCUT2D eigenvalue weighted by atomic mass is 35.5. The number of nitrogens with one attached hydrogen (secondary N) is 1. The van der Waals surface area contributed by atoms with Crippen LogP contribution in [0.2, 0.25) is 10.0 Å². The molecule has 4 rings (SSSR count). The molecule has 1 aromatic heterocycles. The maximum Gasteiger partial charge on any atom is 0.336 e. The third-order valence-corrected chi connectivity index (χ3v) is 5.31. The van der Waals surface area contributed by atoms with Crippen LogP contribution in [-0.4, -0.2) is 22.4 Å². The first-order chi connectivity index (χ1) is 13.4. The van der Waals surface area contributed by atoms with Crippen molar-refractivity contribution in [2.24, 2.45) is 7.05 Å². The van der Waals surface area contributed by atoms with Crippen molar-refractivity contribution in [2.45, 2.75) is 0 Å². The van der Waals surface area contributed by atoms with Crippen LogP contribution in [0.25, 0.3) is 17.0 Å². The summed E-state index contributed by atoms with van der Waals surface area (Å²) in [4.78, 5) is 38.5. The number of para-hydroxylation sites is 1. The minimum atomic E-state index is -0.880. The van der Waals surface area contributed by atoms with Crippen LogP contribution in [0.4, 0.5) is 10.5 Å². The largest absolute Gasteiger partial charge is 0.350 e. The molecule has 0 aliphatic carbocycles. The van der Waals surface area contributed by atoms with Crippen LogP contribution in [0.1, 0.15) is 5.56 Å². The molecule has 1 aliphatic rings. The zero-order chi connectivity index (χ0) is 20.0. The molecule has 0 saturated carbocycles. The molecular weight excluding hydrogens is 401 g/mol. The third-order valence-electron chi connectivity index (χ3n) is 4.50. The van der Waals surface area contributed by atoms with E-state index in [1.54, 1.807) is 6.07 Å². The second-order valence-electron chi connectivity index (χ2n) is 6.24. The van der Waals surface area contributed by atoms with Gasteiger partial charge in [-0.25, -0.2) is 9.69 Å². The Hall–Kier alpha value is -3.09. The molecule has 0 radical (unpaired) electrons. The molecule has 0 atom stereocenters. The van der Waals surface area contributed by atoms with Gasteiger partial charge in [0.2, 0.25) is 0 Å². The van der Waals surface area contributed by atoms with Crippen molar-refractivity contribution in [3.63, 3.8) is 0 Å². The van der Waals surface area contributed by atoms with Crippen LogP contribution in [0.15, 0.2) is 54.2 Å². The van der Waals surface area contributed by atoms with Crippen LogP contribution >= 0.6 is 23.2 Å². The molecule has 3 aromatic rings. The lowest BCUT2D eigenvalue weighted by atomic mass is 10.1. The molecule has 2 heterocycles. The zero-order valence-electron chi connectivity index (χ0n) is 14.6. The number of anilines is 1. The fourth-order valence-electron chi connectivity index (χ4n) is 3.18. The summed E-state index contributed by atoms with van der Waals surface area (Å²) < 4.78 is 1.89. The van der Waals surface area contributed by atoms with Crippen molar-refractivity contribution in [3.05, 3.63) is 69.8 Å². The van der Waals surface area contributed by atoms with Crippen molar-refractivity contribution in [1.29, 1.82) is 0 Å². The minimum Gasteiger partial charge on any atom is -0.350 e. The first kappa shape index (κ1) is 18.3.